The number of hydrogen-bond donors (Lipinski definition) is 1. The molecule has 1 aliphatic rings. The minimum absolute atomic E-state index is 0.184. The number of nitrogens with one attached hydrogen (secondary N) is 1. The van der Waals surface area contributed by atoms with Crippen LogP contribution in [0.25, 0.3) is 4.96 Å². The van der Waals surface area contributed by atoms with E-state index in [1.54, 1.807) is 4.52 Å². The summed E-state index contributed by atoms with van der Waals surface area (Å²) in [4.78, 5) is 12.2. The average molecular weight is 251 g/mol. The lowest BCUT2D eigenvalue weighted by Crippen LogP contribution is -2.26. The maximum atomic E-state index is 11.4. The lowest BCUT2D eigenvalue weighted by molar-refractivity contribution is -0.122. The van der Waals surface area contributed by atoms with E-state index in [0.717, 1.165) is 35.1 Å². The Balaban J connectivity index is 1.58. The summed E-state index contributed by atoms with van der Waals surface area (Å²) in [7, 11) is 0. The number of hydrogen-bond acceptors (Lipinski definition) is 5. The van der Waals surface area contributed by atoms with Gasteiger partial charge in [-0.25, -0.2) is 0 Å². The van der Waals surface area contributed by atoms with Crippen molar-refractivity contribution in [3.63, 3.8) is 0 Å². The quantitative estimate of drug-likeness (QED) is 0.862. The van der Waals surface area contributed by atoms with Crippen LogP contribution >= 0.6 is 11.3 Å². The smallest absolute Gasteiger partial charge is 0.234 e. The van der Waals surface area contributed by atoms with E-state index in [4.69, 9.17) is 0 Å². The van der Waals surface area contributed by atoms with Crippen LogP contribution in [0.15, 0.2) is 0 Å². The number of amides is 1. The number of carbonyl (C=O) groups is 1. The fourth-order valence-electron chi connectivity index (χ4n) is 1.64. The molecule has 1 fully saturated rings. The van der Waals surface area contributed by atoms with Crippen molar-refractivity contribution in [1.82, 2.24) is 25.1 Å². The molecular formula is C10H13N5OS. The molecule has 2 aromatic rings. The average Bonchev–Trinajstić information content (AvgIpc) is 3.00. The Labute approximate surface area is 102 Å². The molecule has 3 rings (SSSR count). The molecule has 17 heavy (non-hydrogen) atoms. The molecule has 2 heterocycles. The zero-order valence-corrected chi connectivity index (χ0v) is 10.3. The van der Waals surface area contributed by atoms with Gasteiger partial charge >= 0.3 is 0 Å². The Hall–Kier alpha value is -1.50. The summed E-state index contributed by atoms with van der Waals surface area (Å²) in [6, 6.07) is 0. The summed E-state index contributed by atoms with van der Waals surface area (Å²) in [6.45, 7) is 2.52. The second kappa shape index (κ2) is 4.06. The monoisotopic (exact) mass is 251 g/mol. The SMILES string of the molecule is Cc1nnc2sc(CCNC(=O)C3CC3)nn12. The fourth-order valence-corrected chi connectivity index (χ4v) is 2.52. The lowest BCUT2D eigenvalue weighted by atomic mass is 10.3. The summed E-state index contributed by atoms with van der Waals surface area (Å²) in [5, 5.41) is 16.2. The Morgan fingerprint density at radius 1 is 1.53 bits per heavy atom. The van der Waals surface area contributed by atoms with Crippen molar-refractivity contribution < 1.29 is 4.79 Å². The molecule has 1 aliphatic carbocycles. The first-order chi connectivity index (χ1) is 8.24. The van der Waals surface area contributed by atoms with Crippen molar-refractivity contribution in [2.45, 2.75) is 26.2 Å². The fraction of sp³-hybridized carbons (Fsp3) is 0.600. The van der Waals surface area contributed by atoms with Gasteiger partial charge in [-0.1, -0.05) is 11.3 Å². The van der Waals surface area contributed by atoms with Gasteiger partial charge in [0.15, 0.2) is 5.82 Å². The second-order valence-corrected chi connectivity index (χ2v) is 5.29. The number of carbonyl (C=O) groups excluding carboxylic acids is 1. The van der Waals surface area contributed by atoms with Gasteiger partial charge in [0.1, 0.15) is 5.01 Å². The molecule has 7 heteroatoms. The number of rotatable bonds is 4. The van der Waals surface area contributed by atoms with E-state index in [9.17, 15) is 4.79 Å². The van der Waals surface area contributed by atoms with Gasteiger partial charge in [-0.2, -0.15) is 9.61 Å². The molecule has 6 nitrogen and oxygen atoms in total. The molecule has 2 aromatic heterocycles. The highest BCUT2D eigenvalue weighted by Crippen LogP contribution is 2.28. The first-order valence-corrected chi connectivity index (χ1v) is 6.51. The van der Waals surface area contributed by atoms with Crippen LogP contribution in [0.5, 0.6) is 0 Å². The largest absolute Gasteiger partial charge is 0.355 e. The van der Waals surface area contributed by atoms with Crippen LogP contribution in [-0.4, -0.2) is 32.3 Å². The van der Waals surface area contributed by atoms with Gasteiger partial charge in [-0.05, 0) is 19.8 Å². The van der Waals surface area contributed by atoms with E-state index in [-0.39, 0.29) is 11.8 Å². The van der Waals surface area contributed by atoms with Gasteiger partial charge in [0, 0.05) is 18.9 Å². The first-order valence-electron chi connectivity index (χ1n) is 5.69. The molecule has 0 radical (unpaired) electrons. The third-order valence-corrected chi connectivity index (χ3v) is 3.73. The zero-order chi connectivity index (χ0) is 11.8. The highest BCUT2D eigenvalue weighted by atomic mass is 32.1. The van der Waals surface area contributed by atoms with Crippen LogP contribution in [0.3, 0.4) is 0 Å². The van der Waals surface area contributed by atoms with Gasteiger partial charge in [0.2, 0.25) is 10.9 Å². The normalized spacial score (nSPS) is 15.4. The first kappa shape index (κ1) is 10.6. The predicted octanol–water partition coefficient (Wildman–Crippen LogP) is 0.563. The van der Waals surface area contributed by atoms with Crippen molar-refractivity contribution >= 4 is 22.2 Å². The number of aryl methyl sites for hydroxylation is 1. The van der Waals surface area contributed by atoms with Crippen LogP contribution in [0.2, 0.25) is 0 Å². The predicted molar refractivity (Wildman–Crippen MR) is 62.8 cm³/mol. The van der Waals surface area contributed by atoms with Crippen LogP contribution in [0.4, 0.5) is 0 Å². The van der Waals surface area contributed by atoms with Crippen molar-refractivity contribution in [3.05, 3.63) is 10.8 Å². The van der Waals surface area contributed by atoms with E-state index in [0.29, 0.717) is 6.54 Å². The summed E-state index contributed by atoms with van der Waals surface area (Å²) in [6.07, 6.45) is 2.84. The number of nitrogens with zero attached hydrogens (tertiary/aromatic N) is 4. The molecule has 0 spiro atoms. The van der Waals surface area contributed by atoms with Gasteiger partial charge < -0.3 is 5.32 Å². The maximum Gasteiger partial charge on any atom is 0.234 e. The molecule has 1 N–H and O–H groups in total. The number of fused-ring (bicyclic) bond motifs is 1. The van der Waals surface area contributed by atoms with Crippen molar-refractivity contribution in [2.24, 2.45) is 5.92 Å². The van der Waals surface area contributed by atoms with Gasteiger partial charge in [0.25, 0.3) is 0 Å². The molecule has 0 aliphatic heterocycles. The Morgan fingerprint density at radius 2 is 2.35 bits per heavy atom. The van der Waals surface area contributed by atoms with E-state index in [1.807, 2.05) is 6.92 Å². The van der Waals surface area contributed by atoms with Crippen molar-refractivity contribution in [1.29, 1.82) is 0 Å². The standard InChI is InChI=1S/C10H13N5OS/c1-6-12-13-10-15(6)14-8(17-10)4-5-11-9(16)7-2-3-7/h7H,2-5H2,1H3,(H,11,16). The molecular weight excluding hydrogens is 238 g/mol. The molecule has 0 aromatic carbocycles. The molecule has 1 amide bonds. The third-order valence-electron chi connectivity index (χ3n) is 2.77. The molecule has 0 bridgehead atoms. The summed E-state index contributed by atoms with van der Waals surface area (Å²) >= 11 is 1.52. The van der Waals surface area contributed by atoms with Crippen LogP contribution in [0, 0.1) is 12.8 Å². The summed E-state index contributed by atoms with van der Waals surface area (Å²) < 4.78 is 1.74. The minimum Gasteiger partial charge on any atom is -0.355 e. The molecule has 0 unspecified atom stereocenters. The lowest BCUT2D eigenvalue weighted by Gasteiger charge is -2.00. The van der Waals surface area contributed by atoms with Crippen LogP contribution < -0.4 is 5.32 Å². The third kappa shape index (κ3) is 2.14. The summed E-state index contributed by atoms with van der Waals surface area (Å²) in [5.41, 5.74) is 0. The van der Waals surface area contributed by atoms with Crippen molar-refractivity contribution in [2.75, 3.05) is 6.54 Å². The second-order valence-electron chi connectivity index (χ2n) is 4.25. The number of aromatic nitrogens is 4. The molecule has 0 saturated heterocycles. The molecule has 1 saturated carbocycles. The zero-order valence-electron chi connectivity index (χ0n) is 9.51. The van der Waals surface area contributed by atoms with E-state index >= 15 is 0 Å². The topological polar surface area (TPSA) is 72.2 Å². The van der Waals surface area contributed by atoms with E-state index in [2.05, 4.69) is 20.6 Å². The van der Waals surface area contributed by atoms with Gasteiger partial charge in [0.05, 0.1) is 0 Å². The maximum absolute atomic E-state index is 11.4. The Kier molecular flexibility index (Phi) is 2.54. The Morgan fingerprint density at radius 3 is 3.06 bits per heavy atom. The van der Waals surface area contributed by atoms with Crippen molar-refractivity contribution in [3.8, 4) is 0 Å². The molecule has 90 valence electrons. The minimum atomic E-state index is 0.184. The summed E-state index contributed by atoms with van der Waals surface area (Å²) in [5.74, 6) is 1.25. The van der Waals surface area contributed by atoms with E-state index < -0.39 is 0 Å². The highest BCUT2D eigenvalue weighted by Gasteiger charge is 2.29. The van der Waals surface area contributed by atoms with E-state index in [1.165, 1.54) is 11.3 Å². The highest BCUT2D eigenvalue weighted by molar-refractivity contribution is 7.16. The Bertz CT molecular complexity index is 556. The van der Waals surface area contributed by atoms with Gasteiger partial charge in [-0.15, -0.1) is 10.2 Å². The van der Waals surface area contributed by atoms with Crippen LogP contribution in [0.1, 0.15) is 23.7 Å². The molecule has 0 atom stereocenters. The van der Waals surface area contributed by atoms with Gasteiger partial charge in [-0.3, -0.25) is 4.79 Å². The van der Waals surface area contributed by atoms with Crippen LogP contribution in [-0.2, 0) is 11.2 Å².